The first-order chi connectivity index (χ1) is 22.5. The summed E-state index contributed by atoms with van der Waals surface area (Å²) in [6.45, 7) is 0. The average Bonchev–Trinajstić information content (AvgIpc) is 3.72. The highest BCUT2D eigenvalue weighted by atomic mass is 16.5. The Labute approximate surface area is 263 Å². The molecule has 0 atom stereocenters. The summed E-state index contributed by atoms with van der Waals surface area (Å²) in [5.41, 5.74) is 7.81. The highest BCUT2D eigenvalue weighted by Gasteiger charge is 2.18. The van der Waals surface area contributed by atoms with Crippen LogP contribution in [-0.2, 0) is 31.9 Å². The predicted molar refractivity (Wildman–Crippen MR) is 174 cm³/mol. The molecule has 10 heteroatoms. The highest BCUT2D eigenvalue weighted by Crippen LogP contribution is 2.32. The standard InChI is InChI=1S/C36H28N4O6/c1-43-33(41)21-23-5-15-31-29(19-23)37-35(45-31)25-7-11-27(12-8-25)39-17-3-4-18-40(39)28-13-9-26(10-14-28)36-38-30-20-24(22-34(42)44-2)6-16-32(30)46-36/h3-20H,21-22H2,1-2H3. The second-order valence-electron chi connectivity index (χ2n) is 10.6. The number of hydrazine groups is 1. The van der Waals surface area contributed by atoms with Gasteiger partial charge >= 0.3 is 11.9 Å². The normalized spacial score (nSPS) is 12.7. The van der Waals surface area contributed by atoms with E-state index in [1.54, 1.807) is 0 Å². The molecular formula is C36H28N4O6. The SMILES string of the molecule is COC(=O)Cc1ccc2oc(-c3ccc(N4C=CC=CN4c4ccc(-c5nc6cc(CC(=O)OC)ccc6o5)cc4)cc3)nc2c1. The molecule has 6 aromatic rings. The fourth-order valence-corrected chi connectivity index (χ4v) is 5.23. The van der Waals surface area contributed by atoms with Gasteiger partial charge in [0.25, 0.3) is 0 Å². The molecule has 10 nitrogen and oxygen atoms in total. The first kappa shape index (κ1) is 28.6. The van der Waals surface area contributed by atoms with E-state index in [1.165, 1.54) is 14.2 Å². The van der Waals surface area contributed by atoms with Crippen molar-refractivity contribution < 1.29 is 27.9 Å². The molecule has 2 aromatic heterocycles. The third-order valence-corrected chi connectivity index (χ3v) is 7.61. The molecule has 46 heavy (non-hydrogen) atoms. The maximum absolute atomic E-state index is 11.7. The zero-order valence-corrected chi connectivity index (χ0v) is 25.0. The van der Waals surface area contributed by atoms with Crippen molar-refractivity contribution in [1.82, 2.24) is 9.97 Å². The van der Waals surface area contributed by atoms with Crippen LogP contribution in [0.3, 0.4) is 0 Å². The van der Waals surface area contributed by atoms with Crippen molar-refractivity contribution >= 4 is 45.5 Å². The van der Waals surface area contributed by atoms with Gasteiger partial charge in [-0.1, -0.05) is 12.1 Å². The number of ether oxygens (including phenoxy) is 2. The number of rotatable bonds is 8. The average molecular weight is 613 g/mol. The molecule has 228 valence electrons. The number of benzene rings is 4. The number of esters is 2. The van der Waals surface area contributed by atoms with Crippen LogP contribution in [0.5, 0.6) is 0 Å². The van der Waals surface area contributed by atoms with Crippen molar-refractivity contribution in [3.8, 4) is 22.9 Å². The third-order valence-electron chi connectivity index (χ3n) is 7.61. The van der Waals surface area contributed by atoms with Gasteiger partial charge in [-0.25, -0.2) is 9.97 Å². The van der Waals surface area contributed by atoms with Crippen LogP contribution in [0.15, 0.2) is 118 Å². The molecule has 1 aliphatic rings. The Kier molecular flexibility index (Phi) is 7.51. The lowest BCUT2D eigenvalue weighted by molar-refractivity contribution is -0.140. The summed E-state index contributed by atoms with van der Waals surface area (Å²) in [6, 6.07) is 26.9. The summed E-state index contributed by atoms with van der Waals surface area (Å²) in [5.74, 6) is 0.387. The van der Waals surface area contributed by atoms with Gasteiger partial charge in [-0.3, -0.25) is 19.6 Å². The highest BCUT2D eigenvalue weighted by molar-refractivity contribution is 5.81. The number of aromatic nitrogens is 2. The van der Waals surface area contributed by atoms with Gasteiger partial charge in [-0.15, -0.1) is 0 Å². The first-order valence-electron chi connectivity index (χ1n) is 14.5. The summed E-state index contributed by atoms with van der Waals surface area (Å²) in [7, 11) is 2.75. The van der Waals surface area contributed by atoms with Crippen molar-refractivity contribution in [1.29, 1.82) is 0 Å². The van der Waals surface area contributed by atoms with Crippen LogP contribution in [0.25, 0.3) is 45.1 Å². The van der Waals surface area contributed by atoms with Crippen molar-refractivity contribution in [3.63, 3.8) is 0 Å². The Morgan fingerprint density at radius 1 is 0.609 bits per heavy atom. The number of nitrogens with zero attached hydrogens (tertiary/aromatic N) is 4. The summed E-state index contributed by atoms with van der Waals surface area (Å²) in [5, 5.41) is 4.07. The van der Waals surface area contributed by atoms with E-state index < -0.39 is 0 Å². The quantitative estimate of drug-likeness (QED) is 0.167. The molecule has 0 saturated carbocycles. The minimum absolute atomic E-state index is 0.178. The van der Waals surface area contributed by atoms with Crippen molar-refractivity contribution in [3.05, 3.63) is 121 Å². The number of hydrogen-bond acceptors (Lipinski definition) is 10. The molecule has 3 heterocycles. The number of oxazole rings is 2. The molecule has 0 aliphatic carbocycles. The van der Waals surface area contributed by atoms with Crippen LogP contribution >= 0.6 is 0 Å². The zero-order valence-electron chi connectivity index (χ0n) is 25.0. The number of carbonyl (C=O) groups is 2. The zero-order chi connectivity index (χ0) is 31.6. The number of anilines is 2. The number of hydrogen-bond donors (Lipinski definition) is 0. The fraction of sp³-hybridized carbons (Fsp3) is 0.111. The van der Waals surface area contributed by atoms with Gasteiger partial charge in [-0.05, 0) is 96.1 Å². The van der Waals surface area contributed by atoms with Crippen LogP contribution in [0.1, 0.15) is 11.1 Å². The second-order valence-corrected chi connectivity index (χ2v) is 10.6. The van der Waals surface area contributed by atoms with Crippen LogP contribution in [-0.4, -0.2) is 36.1 Å². The van der Waals surface area contributed by atoms with E-state index in [2.05, 4.69) is 9.97 Å². The van der Waals surface area contributed by atoms with Crippen molar-refractivity contribution in [2.75, 3.05) is 24.2 Å². The van der Waals surface area contributed by atoms with Crippen LogP contribution in [0.2, 0.25) is 0 Å². The second kappa shape index (κ2) is 12.1. The number of fused-ring (bicyclic) bond motifs is 2. The molecule has 0 fully saturated rings. The first-order valence-corrected chi connectivity index (χ1v) is 14.5. The monoisotopic (exact) mass is 612 g/mol. The van der Waals surface area contributed by atoms with E-state index in [0.717, 1.165) is 33.6 Å². The minimum atomic E-state index is -0.304. The van der Waals surface area contributed by atoms with Gasteiger partial charge < -0.3 is 18.3 Å². The predicted octanol–water partition coefficient (Wildman–Crippen LogP) is 7.00. The lowest BCUT2D eigenvalue weighted by Gasteiger charge is -2.35. The fourth-order valence-electron chi connectivity index (χ4n) is 5.23. The smallest absolute Gasteiger partial charge is 0.309 e. The molecule has 0 unspecified atom stereocenters. The van der Waals surface area contributed by atoms with Gasteiger partial charge in [0.15, 0.2) is 11.2 Å². The Morgan fingerprint density at radius 2 is 1.02 bits per heavy atom. The molecular weight excluding hydrogens is 584 g/mol. The minimum Gasteiger partial charge on any atom is -0.469 e. The molecule has 1 aliphatic heterocycles. The van der Waals surface area contributed by atoms with Crippen LogP contribution < -0.4 is 10.0 Å². The molecule has 0 bridgehead atoms. The van der Waals surface area contributed by atoms with Gasteiger partial charge in [0.1, 0.15) is 11.0 Å². The molecule has 0 saturated heterocycles. The maximum Gasteiger partial charge on any atom is 0.309 e. The Morgan fingerprint density at radius 3 is 1.41 bits per heavy atom. The molecule has 0 N–H and O–H groups in total. The summed E-state index contributed by atoms with van der Waals surface area (Å²) in [6.07, 6.45) is 8.27. The van der Waals surface area contributed by atoms with E-state index in [1.807, 2.05) is 119 Å². The third kappa shape index (κ3) is 5.71. The molecule has 7 rings (SSSR count). The van der Waals surface area contributed by atoms with Crippen molar-refractivity contribution in [2.24, 2.45) is 0 Å². The Bertz CT molecular complexity index is 1970. The molecule has 0 spiro atoms. The van der Waals surface area contributed by atoms with Crippen LogP contribution in [0, 0.1) is 0 Å². The largest absolute Gasteiger partial charge is 0.469 e. The number of allylic oxidation sites excluding steroid dienone is 2. The molecule has 0 radical (unpaired) electrons. The lowest BCUT2D eigenvalue weighted by Crippen LogP contribution is -2.36. The van der Waals surface area contributed by atoms with Gasteiger partial charge in [0.2, 0.25) is 11.8 Å². The van der Waals surface area contributed by atoms with Gasteiger partial charge in [0.05, 0.1) is 38.4 Å². The van der Waals surface area contributed by atoms with E-state index in [4.69, 9.17) is 18.3 Å². The van der Waals surface area contributed by atoms with E-state index in [9.17, 15) is 9.59 Å². The van der Waals surface area contributed by atoms with E-state index in [-0.39, 0.29) is 24.8 Å². The van der Waals surface area contributed by atoms with Crippen molar-refractivity contribution in [2.45, 2.75) is 12.8 Å². The molecule has 4 aromatic carbocycles. The van der Waals surface area contributed by atoms with Crippen LogP contribution in [0.4, 0.5) is 11.4 Å². The Balaban J connectivity index is 1.09. The maximum atomic E-state index is 11.7. The summed E-state index contributed by atoms with van der Waals surface area (Å²) < 4.78 is 21.5. The number of carbonyl (C=O) groups excluding carboxylic acids is 2. The number of methoxy groups -OCH3 is 2. The van der Waals surface area contributed by atoms with E-state index >= 15 is 0 Å². The van der Waals surface area contributed by atoms with E-state index in [0.29, 0.717) is 34.0 Å². The Hall–Kier alpha value is -6.16. The summed E-state index contributed by atoms with van der Waals surface area (Å²) in [4.78, 5) is 32.6. The van der Waals surface area contributed by atoms with Gasteiger partial charge in [-0.2, -0.15) is 0 Å². The summed E-state index contributed by atoms with van der Waals surface area (Å²) >= 11 is 0. The molecule has 0 amide bonds. The van der Waals surface area contributed by atoms with Gasteiger partial charge in [0, 0.05) is 23.5 Å². The lowest BCUT2D eigenvalue weighted by atomic mass is 10.1. The topological polar surface area (TPSA) is 111 Å².